The monoisotopic (exact) mass is 319 g/mol. The third kappa shape index (κ3) is 2.57. The molecule has 0 spiro atoms. The summed E-state index contributed by atoms with van der Waals surface area (Å²) in [4.78, 5) is 14.7. The predicted molar refractivity (Wildman–Crippen MR) is 89.9 cm³/mol. The van der Waals surface area contributed by atoms with Crippen LogP contribution in [0.3, 0.4) is 0 Å². The highest BCUT2D eigenvalue weighted by Gasteiger charge is 2.16. The van der Waals surface area contributed by atoms with Gasteiger partial charge in [0.1, 0.15) is 17.5 Å². The van der Waals surface area contributed by atoms with Crippen molar-refractivity contribution in [1.29, 1.82) is 5.26 Å². The summed E-state index contributed by atoms with van der Waals surface area (Å²) >= 11 is 0. The van der Waals surface area contributed by atoms with Crippen molar-refractivity contribution >= 4 is 11.5 Å². The molecule has 1 aromatic carbocycles. The Kier molecular flexibility index (Phi) is 3.72. The van der Waals surface area contributed by atoms with Gasteiger partial charge in [0.25, 0.3) is 5.69 Å². The summed E-state index contributed by atoms with van der Waals surface area (Å²) in [5.74, 6) is 0.0951. The Morgan fingerprint density at radius 1 is 1.29 bits per heavy atom. The average molecular weight is 319 g/mol. The first-order valence-corrected chi connectivity index (χ1v) is 7.08. The molecule has 3 aromatic rings. The lowest BCUT2D eigenvalue weighted by Gasteiger charge is -2.11. The number of hydrogen-bond donors (Lipinski definition) is 1. The zero-order valence-corrected chi connectivity index (χ0v) is 12.8. The molecule has 2 N–H and O–H groups in total. The summed E-state index contributed by atoms with van der Waals surface area (Å²) in [6, 6.07) is 13.7. The molecule has 118 valence electrons. The van der Waals surface area contributed by atoms with Gasteiger partial charge in [-0.15, -0.1) is 0 Å². The number of nitro benzene ring substituents is 1. The smallest absolute Gasteiger partial charge is 0.270 e. The predicted octanol–water partition coefficient (Wildman–Crippen LogP) is 3.12. The van der Waals surface area contributed by atoms with Crippen molar-refractivity contribution in [3.05, 3.63) is 64.3 Å². The third-order valence-corrected chi connectivity index (χ3v) is 3.73. The maximum Gasteiger partial charge on any atom is 0.270 e. The van der Waals surface area contributed by atoms with Crippen molar-refractivity contribution in [3.63, 3.8) is 0 Å². The van der Waals surface area contributed by atoms with Gasteiger partial charge in [-0.2, -0.15) is 5.26 Å². The summed E-state index contributed by atoms with van der Waals surface area (Å²) in [5.41, 5.74) is 8.69. The molecular formula is C17H13N5O2. The van der Waals surface area contributed by atoms with Crippen LogP contribution in [0.2, 0.25) is 0 Å². The van der Waals surface area contributed by atoms with Crippen molar-refractivity contribution in [2.45, 2.75) is 0 Å². The normalized spacial score (nSPS) is 10.3. The van der Waals surface area contributed by atoms with Crippen molar-refractivity contribution < 1.29 is 4.92 Å². The number of hydrogen-bond acceptors (Lipinski definition) is 5. The summed E-state index contributed by atoms with van der Waals surface area (Å²) in [5, 5.41) is 20.4. The highest BCUT2D eigenvalue weighted by atomic mass is 16.6. The van der Waals surface area contributed by atoms with Crippen LogP contribution in [-0.2, 0) is 7.05 Å². The molecule has 0 radical (unpaired) electrons. The molecule has 24 heavy (non-hydrogen) atoms. The Morgan fingerprint density at radius 2 is 2.08 bits per heavy atom. The minimum absolute atomic E-state index is 0.0300. The van der Waals surface area contributed by atoms with Crippen molar-refractivity contribution in [2.24, 2.45) is 7.05 Å². The number of anilines is 1. The van der Waals surface area contributed by atoms with E-state index in [1.54, 1.807) is 18.2 Å². The number of nitrogens with two attached hydrogens (primary N) is 1. The van der Waals surface area contributed by atoms with Gasteiger partial charge in [-0.25, -0.2) is 4.98 Å². The number of non-ortho nitro benzene ring substituents is 1. The van der Waals surface area contributed by atoms with Crippen LogP contribution in [-0.4, -0.2) is 14.5 Å². The molecule has 0 fully saturated rings. The van der Waals surface area contributed by atoms with E-state index >= 15 is 0 Å². The fraction of sp³-hybridized carbons (Fsp3) is 0.0588. The first-order valence-electron chi connectivity index (χ1n) is 7.08. The molecule has 0 aliphatic heterocycles. The van der Waals surface area contributed by atoms with Crippen molar-refractivity contribution in [2.75, 3.05) is 5.73 Å². The van der Waals surface area contributed by atoms with Crippen LogP contribution < -0.4 is 5.73 Å². The third-order valence-electron chi connectivity index (χ3n) is 3.73. The molecule has 2 aromatic heterocycles. The Balaban J connectivity index is 2.23. The number of nitrogens with zero attached hydrogens (tertiary/aromatic N) is 4. The molecule has 0 bridgehead atoms. The Hall–Kier alpha value is -3.66. The molecule has 0 aliphatic rings. The molecule has 0 aliphatic carbocycles. The Morgan fingerprint density at radius 3 is 2.71 bits per heavy atom. The van der Waals surface area contributed by atoms with Crippen LogP contribution in [0.15, 0.2) is 48.7 Å². The average Bonchev–Trinajstić information content (AvgIpc) is 3.00. The Bertz CT molecular complexity index is 985. The number of pyridine rings is 1. The molecule has 0 amide bonds. The molecule has 0 saturated heterocycles. The van der Waals surface area contributed by atoms with Crippen LogP contribution in [0.1, 0.15) is 5.56 Å². The Labute approximate surface area is 137 Å². The van der Waals surface area contributed by atoms with Crippen LogP contribution in [0.5, 0.6) is 0 Å². The number of rotatable bonds is 3. The molecule has 0 atom stereocenters. The lowest BCUT2D eigenvalue weighted by Crippen LogP contribution is -2.01. The zero-order chi connectivity index (χ0) is 17.3. The SMILES string of the molecule is Cn1cccc1-c1cc(-c2cccc([N+](=O)[O-])c2)nc(N)c1C#N. The van der Waals surface area contributed by atoms with E-state index in [9.17, 15) is 15.4 Å². The van der Waals surface area contributed by atoms with Crippen LogP contribution in [0.4, 0.5) is 11.5 Å². The second kappa shape index (κ2) is 5.85. The number of nitriles is 1. The maximum absolute atomic E-state index is 11.0. The molecule has 2 heterocycles. The number of benzene rings is 1. The largest absolute Gasteiger partial charge is 0.383 e. The van der Waals surface area contributed by atoms with Crippen LogP contribution in [0.25, 0.3) is 22.5 Å². The van der Waals surface area contributed by atoms with Gasteiger partial charge in [0.15, 0.2) is 0 Å². The van der Waals surface area contributed by atoms with E-state index in [4.69, 9.17) is 5.73 Å². The summed E-state index contributed by atoms with van der Waals surface area (Å²) < 4.78 is 1.87. The fourth-order valence-corrected chi connectivity index (χ4v) is 2.55. The highest BCUT2D eigenvalue weighted by molar-refractivity contribution is 5.79. The van der Waals surface area contributed by atoms with Crippen LogP contribution >= 0.6 is 0 Å². The van der Waals surface area contributed by atoms with Gasteiger partial charge in [-0.05, 0) is 18.2 Å². The van der Waals surface area contributed by atoms with Gasteiger partial charge in [-0.1, -0.05) is 12.1 Å². The van der Waals surface area contributed by atoms with Gasteiger partial charge in [0.05, 0.1) is 10.6 Å². The lowest BCUT2D eigenvalue weighted by molar-refractivity contribution is -0.384. The molecular weight excluding hydrogens is 306 g/mol. The number of aromatic nitrogens is 2. The summed E-state index contributed by atoms with van der Waals surface area (Å²) in [7, 11) is 1.86. The second-order valence-electron chi connectivity index (χ2n) is 5.24. The van der Waals surface area contributed by atoms with Gasteiger partial charge in [-0.3, -0.25) is 10.1 Å². The number of nitro groups is 1. The van der Waals surface area contributed by atoms with Gasteiger partial charge in [0.2, 0.25) is 0 Å². The molecule has 0 unspecified atom stereocenters. The fourth-order valence-electron chi connectivity index (χ4n) is 2.55. The first-order chi connectivity index (χ1) is 11.5. The van der Waals surface area contributed by atoms with Crippen molar-refractivity contribution in [3.8, 4) is 28.6 Å². The van der Waals surface area contributed by atoms with Gasteiger partial charge < -0.3 is 10.3 Å². The quantitative estimate of drug-likeness (QED) is 0.589. The standard InChI is InChI=1S/C17H13N5O2/c1-21-7-3-6-16(21)13-9-15(20-17(19)14(13)10-18)11-4-2-5-12(8-11)22(23)24/h2-9H,1H3,(H2,19,20). The van der Waals surface area contributed by atoms with E-state index in [-0.39, 0.29) is 17.1 Å². The second-order valence-corrected chi connectivity index (χ2v) is 5.24. The molecule has 3 rings (SSSR count). The van der Waals surface area contributed by atoms with E-state index in [2.05, 4.69) is 11.1 Å². The van der Waals surface area contributed by atoms with E-state index in [0.29, 0.717) is 16.8 Å². The van der Waals surface area contributed by atoms with E-state index < -0.39 is 4.92 Å². The lowest BCUT2D eigenvalue weighted by atomic mass is 10.0. The molecule has 7 heteroatoms. The number of aryl methyl sites for hydroxylation is 1. The van der Waals surface area contributed by atoms with E-state index in [1.165, 1.54) is 12.1 Å². The van der Waals surface area contributed by atoms with Gasteiger partial charge in [0, 0.05) is 42.2 Å². The summed E-state index contributed by atoms with van der Waals surface area (Å²) in [6.07, 6.45) is 1.86. The first kappa shape index (κ1) is 15.2. The van der Waals surface area contributed by atoms with Crippen molar-refractivity contribution in [1.82, 2.24) is 9.55 Å². The number of nitrogen functional groups attached to an aromatic ring is 1. The summed E-state index contributed by atoms with van der Waals surface area (Å²) in [6.45, 7) is 0. The van der Waals surface area contributed by atoms with Gasteiger partial charge >= 0.3 is 0 Å². The van der Waals surface area contributed by atoms with E-state index in [1.807, 2.05) is 29.9 Å². The topological polar surface area (TPSA) is 111 Å². The zero-order valence-electron chi connectivity index (χ0n) is 12.8. The molecule has 0 saturated carbocycles. The van der Waals surface area contributed by atoms with E-state index in [0.717, 1.165) is 5.69 Å². The molecule has 7 nitrogen and oxygen atoms in total. The van der Waals surface area contributed by atoms with Crippen LogP contribution in [0, 0.1) is 21.4 Å². The highest BCUT2D eigenvalue weighted by Crippen LogP contribution is 2.32. The maximum atomic E-state index is 11.0. The minimum Gasteiger partial charge on any atom is -0.383 e. The minimum atomic E-state index is -0.464.